The normalized spacial score (nSPS) is 17.4. The van der Waals surface area contributed by atoms with E-state index in [1.807, 2.05) is 24.1 Å². The first-order chi connectivity index (χ1) is 9.16. The van der Waals surface area contributed by atoms with E-state index in [0.717, 1.165) is 32.4 Å². The van der Waals surface area contributed by atoms with Crippen LogP contribution in [0.3, 0.4) is 0 Å². The summed E-state index contributed by atoms with van der Waals surface area (Å²) in [4.78, 5) is 20.5. The van der Waals surface area contributed by atoms with E-state index in [2.05, 4.69) is 16.9 Å². The number of hydrogen-bond donors (Lipinski definition) is 0. The fourth-order valence-electron chi connectivity index (χ4n) is 2.56. The molecule has 4 heteroatoms. The van der Waals surface area contributed by atoms with Crippen molar-refractivity contribution in [3.05, 3.63) is 30.1 Å². The zero-order chi connectivity index (χ0) is 13.7. The van der Waals surface area contributed by atoms with E-state index in [0.29, 0.717) is 12.5 Å². The van der Waals surface area contributed by atoms with Gasteiger partial charge in [0.25, 0.3) is 0 Å². The van der Waals surface area contributed by atoms with Crippen LogP contribution < -0.4 is 0 Å². The molecule has 0 spiro atoms. The molecule has 1 aliphatic rings. The van der Waals surface area contributed by atoms with Gasteiger partial charge in [0, 0.05) is 31.9 Å². The Kier molecular flexibility index (Phi) is 4.91. The summed E-state index contributed by atoms with van der Waals surface area (Å²) in [5.41, 5.74) is 1.18. The molecule has 4 nitrogen and oxygen atoms in total. The van der Waals surface area contributed by atoms with Gasteiger partial charge in [-0.15, -0.1) is 0 Å². The average molecular weight is 261 g/mol. The first-order valence-corrected chi connectivity index (χ1v) is 7.00. The molecular formula is C15H23N3O. The molecule has 0 N–H and O–H groups in total. The maximum absolute atomic E-state index is 12.2. The molecule has 1 fully saturated rings. The maximum Gasteiger partial charge on any atom is 0.222 e. The van der Waals surface area contributed by atoms with Gasteiger partial charge in [0.05, 0.1) is 0 Å². The van der Waals surface area contributed by atoms with Crippen LogP contribution in [0.25, 0.3) is 0 Å². The molecule has 1 aromatic rings. The molecule has 0 radical (unpaired) electrons. The zero-order valence-electron chi connectivity index (χ0n) is 11.9. The second kappa shape index (κ2) is 6.66. The van der Waals surface area contributed by atoms with Crippen molar-refractivity contribution in [1.29, 1.82) is 0 Å². The van der Waals surface area contributed by atoms with E-state index in [9.17, 15) is 4.79 Å². The van der Waals surface area contributed by atoms with Crippen molar-refractivity contribution in [2.24, 2.45) is 0 Å². The van der Waals surface area contributed by atoms with Crippen molar-refractivity contribution in [2.75, 3.05) is 27.2 Å². The summed E-state index contributed by atoms with van der Waals surface area (Å²) in [6.45, 7) is 2.18. The molecule has 0 aromatic carbocycles. The summed E-state index contributed by atoms with van der Waals surface area (Å²) >= 11 is 0. The second-order valence-corrected chi connectivity index (χ2v) is 5.39. The summed E-state index contributed by atoms with van der Waals surface area (Å²) in [6.07, 6.45) is 7.13. The van der Waals surface area contributed by atoms with Gasteiger partial charge in [-0.2, -0.15) is 0 Å². The van der Waals surface area contributed by atoms with Crippen LogP contribution in [0.2, 0.25) is 0 Å². The highest BCUT2D eigenvalue weighted by atomic mass is 16.2. The monoisotopic (exact) mass is 261 g/mol. The standard InChI is InChI=1S/C15H23N3O/c1-17-11-7-14(8-12-17)18(2)15(19)4-3-13-5-9-16-10-6-13/h5-6,9-10,14H,3-4,7-8,11-12H2,1-2H3. The molecule has 1 saturated heterocycles. The number of rotatable bonds is 4. The van der Waals surface area contributed by atoms with Gasteiger partial charge in [-0.3, -0.25) is 9.78 Å². The van der Waals surface area contributed by atoms with Crippen LogP contribution in [0.1, 0.15) is 24.8 Å². The molecule has 19 heavy (non-hydrogen) atoms. The third-order valence-corrected chi connectivity index (χ3v) is 4.01. The molecule has 1 aromatic heterocycles. The van der Waals surface area contributed by atoms with Crippen LogP contribution in [0, 0.1) is 0 Å². The Balaban J connectivity index is 1.79. The Morgan fingerprint density at radius 3 is 2.63 bits per heavy atom. The first-order valence-electron chi connectivity index (χ1n) is 7.00. The molecule has 0 bridgehead atoms. The number of amides is 1. The Hall–Kier alpha value is -1.42. The number of carbonyl (C=O) groups is 1. The molecular weight excluding hydrogens is 238 g/mol. The minimum atomic E-state index is 0.256. The van der Waals surface area contributed by atoms with Gasteiger partial charge < -0.3 is 9.80 Å². The average Bonchev–Trinajstić information content (AvgIpc) is 2.46. The molecule has 0 aliphatic carbocycles. The highest BCUT2D eigenvalue weighted by molar-refractivity contribution is 5.76. The van der Waals surface area contributed by atoms with Crippen molar-refractivity contribution in [3.8, 4) is 0 Å². The van der Waals surface area contributed by atoms with Crippen molar-refractivity contribution in [2.45, 2.75) is 31.7 Å². The minimum absolute atomic E-state index is 0.256. The highest BCUT2D eigenvalue weighted by Crippen LogP contribution is 2.15. The van der Waals surface area contributed by atoms with Gasteiger partial charge >= 0.3 is 0 Å². The molecule has 1 amide bonds. The van der Waals surface area contributed by atoms with Crippen molar-refractivity contribution >= 4 is 5.91 Å². The van der Waals surface area contributed by atoms with Crippen molar-refractivity contribution in [3.63, 3.8) is 0 Å². The summed E-state index contributed by atoms with van der Waals surface area (Å²) in [5, 5.41) is 0. The lowest BCUT2D eigenvalue weighted by atomic mass is 10.0. The van der Waals surface area contributed by atoms with Gasteiger partial charge in [0.15, 0.2) is 0 Å². The predicted molar refractivity (Wildman–Crippen MR) is 75.8 cm³/mol. The molecule has 0 unspecified atom stereocenters. The topological polar surface area (TPSA) is 36.4 Å². The lowest BCUT2D eigenvalue weighted by Crippen LogP contribution is -2.44. The summed E-state index contributed by atoms with van der Waals surface area (Å²) in [5.74, 6) is 0.256. The van der Waals surface area contributed by atoms with E-state index >= 15 is 0 Å². The van der Waals surface area contributed by atoms with Crippen molar-refractivity contribution in [1.82, 2.24) is 14.8 Å². The number of aryl methyl sites for hydroxylation is 1. The molecule has 2 heterocycles. The minimum Gasteiger partial charge on any atom is -0.343 e. The molecule has 1 aliphatic heterocycles. The third kappa shape index (κ3) is 4.03. The van der Waals surface area contributed by atoms with E-state index in [-0.39, 0.29) is 5.91 Å². The fraction of sp³-hybridized carbons (Fsp3) is 0.600. The molecule has 0 atom stereocenters. The van der Waals surface area contributed by atoms with Crippen LogP contribution in [0.5, 0.6) is 0 Å². The Bertz CT molecular complexity index is 399. The number of piperidine rings is 1. The summed E-state index contributed by atoms with van der Waals surface area (Å²) < 4.78 is 0. The van der Waals surface area contributed by atoms with E-state index in [1.165, 1.54) is 5.56 Å². The summed E-state index contributed by atoms with van der Waals surface area (Å²) in [7, 11) is 4.09. The SMILES string of the molecule is CN1CCC(N(C)C(=O)CCc2ccncc2)CC1. The van der Waals surface area contributed by atoms with Gasteiger partial charge in [-0.1, -0.05) is 0 Å². The van der Waals surface area contributed by atoms with Gasteiger partial charge in [-0.25, -0.2) is 0 Å². The van der Waals surface area contributed by atoms with Gasteiger partial charge in [0.1, 0.15) is 0 Å². The van der Waals surface area contributed by atoms with Crippen LogP contribution in [0.4, 0.5) is 0 Å². The summed E-state index contributed by atoms with van der Waals surface area (Å²) in [6, 6.07) is 4.37. The smallest absolute Gasteiger partial charge is 0.222 e. The van der Waals surface area contributed by atoms with Crippen LogP contribution >= 0.6 is 0 Å². The lowest BCUT2D eigenvalue weighted by Gasteiger charge is -2.35. The Morgan fingerprint density at radius 2 is 2.00 bits per heavy atom. The van der Waals surface area contributed by atoms with Crippen LogP contribution in [-0.4, -0.2) is 53.9 Å². The molecule has 0 saturated carbocycles. The van der Waals surface area contributed by atoms with E-state index in [1.54, 1.807) is 12.4 Å². The number of pyridine rings is 1. The third-order valence-electron chi connectivity index (χ3n) is 4.01. The van der Waals surface area contributed by atoms with Crippen molar-refractivity contribution < 1.29 is 4.79 Å². The quantitative estimate of drug-likeness (QED) is 0.825. The second-order valence-electron chi connectivity index (χ2n) is 5.39. The first kappa shape index (κ1) is 14.0. The van der Waals surface area contributed by atoms with Crippen LogP contribution in [-0.2, 0) is 11.2 Å². The number of likely N-dealkylation sites (tertiary alicyclic amines) is 1. The largest absolute Gasteiger partial charge is 0.343 e. The number of nitrogens with zero attached hydrogens (tertiary/aromatic N) is 3. The lowest BCUT2D eigenvalue weighted by molar-refractivity contribution is -0.132. The molecule has 2 rings (SSSR count). The van der Waals surface area contributed by atoms with E-state index in [4.69, 9.17) is 0 Å². The number of carbonyl (C=O) groups excluding carboxylic acids is 1. The fourth-order valence-corrected chi connectivity index (χ4v) is 2.56. The number of hydrogen-bond acceptors (Lipinski definition) is 3. The predicted octanol–water partition coefficient (Wildman–Crippen LogP) is 1.57. The van der Waals surface area contributed by atoms with Gasteiger partial charge in [0.2, 0.25) is 5.91 Å². The van der Waals surface area contributed by atoms with Gasteiger partial charge in [-0.05, 0) is 57.1 Å². The Morgan fingerprint density at radius 1 is 1.37 bits per heavy atom. The Labute approximate surface area is 115 Å². The highest BCUT2D eigenvalue weighted by Gasteiger charge is 2.23. The van der Waals surface area contributed by atoms with E-state index < -0.39 is 0 Å². The number of aromatic nitrogens is 1. The maximum atomic E-state index is 12.2. The molecule has 104 valence electrons. The van der Waals surface area contributed by atoms with Crippen LogP contribution in [0.15, 0.2) is 24.5 Å². The zero-order valence-corrected chi connectivity index (χ0v) is 11.9.